The highest BCUT2D eigenvalue weighted by Crippen LogP contribution is 2.42. The van der Waals surface area contributed by atoms with Gasteiger partial charge in [-0.3, -0.25) is 4.90 Å². The maximum absolute atomic E-state index is 14.2. The van der Waals surface area contributed by atoms with Gasteiger partial charge in [0, 0.05) is 37.8 Å². The summed E-state index contributed by atoms with van der Waals surface area (Å²) in [6, 6.07) is 5.67. The Labute approximate surface area is 145 Å². The quantitative estimate of drug-likeness (QED) is 0.901. The molecule has 0 spiro atoms. The van der Waals surface area contributed by atoms with Gasteiger partial charge < -0.3 is 10.1 Å². The molecular formula is C18H28ClFN2O. The summed E-state index contributed by atoms with van der Waals surface area (Å²) in [5, 5.41) is 3.42. The Hall–Kier alpha value is -0.840. The third kappa shape index (κ3) is 4.17. The normalized spacial score (nSPS) is 21.5. The average molecular weight is 343 g/mol. The second-order valence-electron chi connectivity index (χ2n) is 6.49. The van der Waals surface area contributed by atoms with Crippen molar-refractivity contribution in [2.75, 3.05) is 33.3 Å². The van der Waals surface area contributed by atoms with Gasteiger partial charge in [-0.25, -0.2) is 4.39 Å². The molecule has 1 N–H and O–H groups in total. The van der Waals surface area contributed by atoms with Crippen molar-refractivity contribution >= 4 is 12.4 Å². The highest BCUT2D eigenvalue weighted by Gasteiger charge is 2.33. The lowest BCUT2D eigenvalue weighted by Crippen LogP contribution is -2.47. The van der Waals surface area contributed by atoms with E-state index in [-0.39, 0.29) is 24.3 Å². The molecule has 1 saturated carbocycles. The average Bonchev–Trinajstić information content (AvgIpc) is 2.57. The Morgan fingerprint density at radius 1 is 1.17 bits per heavy atom. The third-order valence-electron chi connectivity index (χ3n) is 5.16. The molecule has 0 radical (unpaired) electrons. The number of para-hydroxylation sites is 1. The lowest BCUT2D eigenvalue weighted by atomic mass is 9.80. The highest BCUT2D eigenvalue weighted by atomic mass is 35.5. The van der Waals surface area contributed by atoms with Crippen LogP contribution < -0.4 is 10.1 Å². The lowest BCUT2D eigenvalue weighted by molar-refractivity contribution is 0.101. The van der Waals surface area contributed by atoms with Crippen LogP contribution in [0.1, 0.15) is 43.7 Å². The third-order valence-corrected chi connectivity index (χ3v) is 5.16. The van der Waals surface area contributed by atoms with Gasteiger partial charge in [-0.2, -0.15) is 0 Å². The Morgan fingerprint density at radius 3 is 2.52 bits per heavy atom. The number of hydrogen-bond donors (Lipinski definition) is 1. The van der Waals surface area contributed by atoms with Gasteiger partial charge in [0.1, 0.15) is 0 Å². The summed E-state index contributed by atoms with van der Waals surface area (Å²) in [5.41, 5.74) is 1.04. The Morgan fingerprint density at radius 2 is 1.87 bits per heavy atom. The van der Waals surface area contributed by atoms with E-state index in [0.717, 1.165) is 31.7 Å². The zero-order valence-electron chi connectivity index (χ0n) is 13.9. The van der Waals surface area contributed by atoms with Crippen molar-refractivity contribution in [3.63, 3.8) is 0 Å². The molecule has 1 atom stereocenters. The van der Waals surface area contributed by atoms with E-state index in [4.69, 9.17) is 4.74 Å². The van der Waals surface area contributed by atoms with Gasteiger partial charge in [0.05, 0.1) is 7.11 Å². The Kier molecular flexibility index (Phi) is 7.12. The molecule has 0 unspecified atom stereocenters. The van der Waals surface area contributed by atoms with Gasteiger partial charge in [-0.1, -0.05) is 31.4 Å². The number of nitrogens with zero attached hydrogens (tertiary/aromatic N) is 1. The number of methoxy groups -OCH3 is 1. The van der Waals surface area contributed by atoms with Gasteiger partial charge in [-0.05, 0) is 24.8 Å². The van der Waals surface area contributed by atoms with Gasteiger partial charge >= 0.3 is 0 Å². The maximum atomic E-state index is 14.2. The van der Waals surface area contributed by atoms with E-state index < -0.39 is 0 Å². The van der Waals surface area contributed by atoms with E-state index in [1.807, 2.05) is 6.07 Å². The van der Waals surface area contributed by atoms with Gasteiger partial charge in [0.2, 0.25) is 0 Å². The number of piperazine rings is 1. The fraction of sp³-hybridized carbons (Fsp3) is 0.667. The van der Waals surface area contributed by atoms with Gasteiger partial charge in [0.25, 0.3) is 0 Å². The number of ether oxygens (including phenoxy) is 1. The molecule has 0 aromatic heterocycles. The largest absolute Gasteiger partial charge is 0.493 e. The number of halogens is 2. The van der Waals surface area contributed by atoms with Crippen LogP contribution in [0.5, 0.6) is 5.75 Å². The fourth-order valence-electron chi connectivity index (χ4n) is 4.13. The summed E-state index contributed by atoms with van der Waals surface area (Å²) in [6.07, 6.45) is 6.42. The summed E-state index contributed by atoms with van der Waals surface area (Å²) in [4.78, 5) is 2.53. The van der Waals surface area contributed by atoms with Crippen LogP contribution in [0.25, 0.3) is 0 Å². The monoisotopic (exact) mass is 342 g/mol. The smallest absolute Gasteiger partial charge is 0.165 e. The minimum Gasteiger partial charge on any atom is -0.493 e. The minimum absolute atomic E-state index is 0. The fourth-order valence-corrected chi connectivity index (χ4v) is 4.13. The summed E-state index contributed by atoms with van der Waals surface area (Å²) in [6.45, 7) is 4.09. The van der Waals surface area contributed by atoms with Crippen molar-refractivity contribution in [1.82, 2.24) is 10.2 Å². The van der Waals surface area contributed by atoms with E-state index >= 15 is 0 Å². The van der Waals surface area contributed by atoms with Crippen molar-refractivity contribution in [2.45, 2.75) is 38.1 Å². The standard InChI is InChI=1S/C18H27FN2O.ClH/c1-22-18-15(8-5-9-16(18)19)17(14-6-3-2-4-7-14)21-12-10-20-11-13-21;/h5,8-9,14,17,20H,2-4,6-7,10-13H2,1H3;1H/t17-;/m0./s1. The van der Waals surface area contributed by atoms with Crippen LogP contribution in [0.2, 0.25) is 0 Å². The van der Waals surface area contributed by atoms with Crippen molar-refractivity contribution in [2.24, 2.45) is 5.92 Å². The minimum atomic E-state index is -0.240. The molecule has 2 aliphatic rings. The topological polar surface area (TPSA) is 24.5 Å². The molecule has 5 heteroatoms. The molecule has 1 aromatic carbocycles. The molecule has 2 fully saturated rings. The molecule has 1 aromatic rings. The van der Waals surface area contributed by atoms with Crippen molar-refractivity contribution in [3.8, 4) is 5.75 Å². The summed E-state index contributed by atoms with van der Waals surface area (Å²) >= 11 is 0. The molecule has 23 heavy (non-hydrogen) atoms. The molecular weight excluding hydrogens is 315 g/mol. The predicted octanol–water partition coefficient (Wildman–Crippen LogP) is 3.78. The van der Waals surface area contributed by atoms with Crippen molar-refractivity contribution in [3.05, 3.63) is 29.6 Å². The van der Waals surface area contributed by atoms with Crippen molar-refractivity contribution in [1.29, 1.82) is 0 Å². The Bertz CT molecular complexity index is 470. The first kappa shape index (κ1) is 18.5. The molecule has 1 heterocycles. The van der Waals surface area contributed by atoms with E-state index in [0.29, 0.717) is 11.7 Å². The van der Waals surface area contributed by atoms with E-state index in [2.05, 4.69) is 16.3 Å². The van der Waals surface area contributed by atoms with Crippen LogP contribution in [0.4, 0.5) is 4.39 Å². The zero-order valence-corrected chi connectivity index (χ0v) is 14.7. The second kappa shape index (κ2) is 8.86. The molecule has 0 amide bonds. The molecule has 130 valence electrons. The van der Waals surface area contributed by atoms with Crippen LogP contribution in [0, 0.1) is 11.7 Å². The number of hydrogen-bond acceptors (Lipinski definition) is 3. The molecule has 1 saturated heterocycles. The van der Waals surface area contributed by atoms with E-state index in [9.17, 15) is 4.39 Å². The molecule has 0 bridgehead atoms. The number of rotatable bonds is 4. The first-order valence-corrected chi connectivity index (χ1v) is 8.58. The SMILES string of the molecule is COc1c(F)cccc1[C@H](C1CCCCC1)N1CCNCC1.Cl. The Balaban J connectivity index is 0.00000192. The van der Waals surface area contributed by atoms with Gasteiger partial charge in [0.15, 0.2) is 11.6 Å². The van der Waals surface area contributed by atoms with Crippen molar-refractivity contribution < 1.29 is 9.13 Å². The highest BCUT2D eigenvalue weighted by molar-refractivity contribution is 5.85. The lowest BCUT2D eigenvalue weighted by Gasteiger charge is -2.41. The summed E-state index contributed by atoms with van der Waals surface area (Å²) in [5.74, 6) is 0.815. The maximum Gasteiger partial charge on any atom is 0.165 e. The molecule has 3 nitrogen and oxygen atoms in total. The molecule has 3 rings (SSSR count). The van der Waals surface area contributed by atoms with E-state index in [1.54, 1.807) is 7.11 Å². The van der Waals surface area contributed by atoms with Gasteiger partial charge in [-0.15, -0.1) is 12.4 Å². The predicted molar refractivity (Wildman–Crippen MR) is 94.0 cm³/mol. The number of benzene rings is 1. The second-order valence-corrected chi connectivity index (χ2v) is 6.49. The van der Waals surface area contributed by atoms with Crippen LogP contribution >= 0.6 is 12.4 Å². The first-order valence-electron chi connectivity index (χ1n) is 8.58. The summed E-state index contributed by atoms with van der Waals surface area (Å²) < 4.78 is 19.6. The first-order chi connectivity index (χ1) is 10.8. The molecule has 1 aliphatic carbocycles. The molecule has 1 aliphatic heterocycles. The van der Waals surface area contributed by atoms with Crippen LogP contribution in [0.3, 0.4) is 0 Å². The van der Waals surface area contributed by atoms with Crippen LogP contribution in [-0.4, -0.2) is 38.2 Å². The van der Waals surface area contributed by atoms with E-state index in [1.165, 1.54) is 38.2 Å². The summed E-state index contributed by atoms with van der Waals surface area (Å²) in [7, 11) is 1.58. The zero-order chi connectivity index (χ0) is 15.4. The van der Waals surface area contributed by atoms with Crippen LogP contribution in [-0.2, 0) is 0 Å². The van der Waals surface area contributed by atoms with Crippen LogP contribution in [0.15, 0.2) is 18.2 Å². The number of nitrogens with one attached hydrogen (secondary N) is 1.